The highest BCUT2D eigenvalue weighted by Gasteiger charge is 2.24. The molecule has 0 aliphatic rings. The normalized spacial score (nSPS) is 12.3. The summed E-state index contributed by atoms with van der Waals surface area (Å²) in [7, 11) is 0. The summed E-state index contributed by atoms with van der Waals surface area (Å²) in [4.78, 5) is 4.25. The standard InChI is InChI=1S/C14H17ClF2N2O/c1-4-20-14(2,3)8-19-11(7-15)18-10-6-5-9(16)12(17)13(10)19/h5-6H,4,7-8H2,1-3H3. The summed E-state index contributed by atoms with van der Waals surface area (Å²) in [5.74, 6) is -1.18. The highest BCUT2D eigenvalue weighted by atomic mass is 35.5. The molecule has 20 heavy (non-hydrogen) atoms. The quantitative estimate of drug-likeness (QED) is 0.784. The van der Waals surface area contributed by atoms with Crippen molar-refractivity contribution in [1.29, 1.82) is 0 Å². The topological polar surface area (TPSA) is 27.1 Å². The van der Waals surface area contributed by atoms with Crippen molar-refractivity contribution in [3.63, 3.8) is 0 Å². The third kappa shape index (κ3) is 2.79. The number of fused-ring (bicyclic) bond motifs is 1. The molecule has 0 saturated carbocycles. The number of hydrogen-bond donors (Lipinski definition) is 0. The number of imidazole rings is 1. The molecule has 3 nitrogen and oxygen atoms in total. The van der Waals surface area contributed by atoms with Crippen LogP contribution in [-0.4, -0.2) is 21.8 Å². The van der Waals surface area contributed by atoms with E-state index in [0.29, 0.717) is 24.5 Å². The predicted molar refractivity (Wildman–Crippen MR) is 74.9 cm³/mol. The second-order valence-corrected chi connectivity index (χ2v) is 5.44. The lowest BCUT2D eigenvalue weighted by Crippen LogP contribution is -2.31. The van der Waals surface area contributed by atoms with E-state index in [-0.39, 0.29) is 11.4 Å². The zero-order valence-corrected chi connectivity index (χ0v) is 12.5. The fraction of sp³-hybridized carbons (Fsp3) is 0.500. The van der Waals surface area contributed by atoms with Crippen LogP contribution in [0, 0.1) is 11.6 Å². The summed E-state index contributed by atoms with van der Waals surface area (Å²) in [6, 6.07) is 2.52. The fourth-order valence-electron chi connectivity index (χ4n) is 2.29. The zero-order chi connectivity index (χ0) is 14.9. The number of alkyl halides is 1. The Kier molecular flexibility index (Phi) is 4.30. The summed E-state index contributed by atoms with van der Waals surface area (Å²) in [6.45, 7) is 6.54. The van der Waals surface area contributed by atoms with Crippen LogP contribution in [0.5, 0.6) is 0 Å². The average molecular weight is 303 g/mol. The molecule has 0 aliphatic carbocycles. The van der Waals surface area contributed by atoms with Crippen LogP contribution in [0.4, 0.5) is 8.78 Å². The zero-order valence-electron chi connectivity index (χ0n) is 11.7. The Bertz CT molecular complexity index is 625. The Hall–Kier alpha value is -1.20. The van der Waals surface area contributed by atoms with E-state index >= 15 is 0 Å². The van der Waals surface area contributed by atoms with Crippen LogP contribution >= 0.6 is 11.6 Å². The van der Waals surface area contributed by atoms with Gasteiger partial charge in [0.1, 0.15) is 11.3 Å². The van der Waals surface area contributed by atoms with Crippen molar-refractivity contribution in [3.8, 4) is 0 Å². The van der Waals surface area contributed by atoms with Crippen molar-refractivity contribution >= 4 is 22.6 Å². The second-order valence-electron chi connectivity index (χ2n) is 5.17. The first-order chi connectivity index (χ1) is 9.39. The number of halogens is 3. The third-order valence-corrected chi connectivity index (χ3v) is 3.31. The molecule has 0 N–H and O–H groups in total. The second kappa shape index (κ2) is 5.66. The van der Waals surface area contributed by atoms with E-state index in [4.69, 9.17) is 16.3 Å². The Morgan fingerprint density at radius 1 is 1.35 bits per heavy atom. The minimum absolute atomic E-state index is 0.123. The van der Waals surface area contributed by atoms with Gasteiger partial charge in [-0.15, -0.1) is 11.6 Å². The van der Waals surface area contributed by atoms with Crippen LogP contribution in [0.2, 0.25) is 0 Å². The van der Waals surface area contributed by atoms with E-state index in [1.165, 1.54) is 6.07 Å². The molecule has 0 spiro atoms. The molecule has 0 radical (unpaired) electrons. The van der Waals surface area contributed by atoms with Gasteiger partial charge >= 0.3 is 0 Å². The Balaban J connectivity index is 2.58. The molecule has 6 heteroatoms. The van der Waals surface area contributed by atoms with E-state index in [9.17, 15) is 8.78 Å². The van der Waals surface area contributed by atoms with Gasteiger partial charge in [0.05, 0.1) is 23.5 Å². The molecule has 2 aromatic rings. The first kappa shape index (κ1) is 15.2. The van der Waals surface area contributed by atoms with Gasteiger partial charge in [0.25, 0.3) is 0 Å². The Morgan fingerprint density at radius 3 is 2.65 bits per heavy atom. The highest BCUT2D eigenvalue weighted by molar-refractivity contribution is 6.16. The maximum absolute atomic E-state index is 14.0. The molecule has 0 aliphatic heterocycles. The summed E-state index contributed by atoms with van der Waals surface area (Å²) in [6.07, 6.45) is 0. The minimum Gasteiger partial charge on any atom is -0.374 e. The SMILES string of the molecule is CCOC(C)(C)Cn1c(CCl)nc2ccc(F)c(F)c21. The molecule has 0 saturated heterocycles. The van der Waals surface area contributed by atoms with Crippen molar-refractivity contribution in [2.45, 2.75) is 38.8 Å². The van der Waals surface area contributed by atoms with Crippen LogP contribution in [0.3, 0.4) is 0 Å². The Morgan fingerprint density at radius 2 is 2.05 bits per heavy atom. The molecular weight excluding hydrogens is 286 g/mol. The van der Waals surface area contributed by atoms with Crippen molar-refractivity contribution < 1.29 is 13.5 Å². The van der Waals surface area contributed by atoms with E-state index in [0.717, 1.165) is 6.07 Å². The van der Waals surface area contributed by atoms with Crippen molar-refractivity contribution in [3.05, 3.63) is 29.6 Å². The fourth-order valence-corrected chi connectivity index (χ4v) is 2.50. The van der Waals surface area contributed by atoms with Gasteiger partial charge in [-0.3, -0.25) is 0 Å². The lowest BCUT2D eigenvalue weighted by molar-refractivity contribution is -0.0221. The largest absolute Gasteiger partial charge is 0.374 e. The maximum Gasteiger partial charge on any atom is 0.184 e. The number of hydrogen-bond acceptors (Lipinski definition) is 2. The molecule has 2 rings (SSSR count). The van der Waals surface area contributed by atoms with Crippen LogP contribution in [0.15, 0.2) is 12.1 Å². The van der Waals surface area contributed by atoms with Gasteiger partial charge in [-0.2, -0.15) is 0 Å². The molecule has 1 heterocycles. The van der Waals surface area contributed by atoms with Gasteiger partial charge in [-0.05, 0) is 32.9 Å². The molecule has 0 amide bonds. The van der Waals surface area contributed by atoms with Crippen LogP contribution < -0.4 is 0 Å². The molecule has 1 aromatic heterocycles. The highest BCUT2D eigenvalue weighted by Crippen LogP contribution is 2.25. The number of aromatic nitrogens is 2. The van der Waals surface area contributed by atoms with Gasteiger partial charge in [0, 0.05) is 6.61 Å². The van der Waals surface area contributed by atoms with Crippen molar-refractivity contribution in [2.75, 3.05) is 6.61 Å². The van der Waals surface area contributed by atoms with Gasteiger partial charge in [-0.1, -0.05) is 0 Å². The number of ether oxygens (including phenoxy) is 1. The monoisotopic (exact) mass is 302 g/mol. The van der Waals surface area contributed by atoms with Gasteiger partial charge in [0.2, 0.25) is 0 Å². The van der Waals surface area contributed by atoms with Gasteiger partial charge in [0.15, 0.2) is 11.6 Å². The predicted octanol–water partition coefficient (Wildman–Crippen LogP) is 3.87. The number of rotatable bonds is 5. The number of nitrogens with zero attached hydrogens (tertiary/aromatic N) is 2. The summed E-state index contributed by atoms with van der Waals surface area (Å²) < 4.78 is 34.7. The average Bonchev–Trinajstić information content (AvgIpc) is 2.72. The smallest absolute Gasteiger partial charge is 0.184 e. The van der Waals surface area contributed by atoms with E-state index in [1.54, 1.807) is 4.57 Å². The van der Waals surface area contributed by atoms with Gasteiger partial charge in [-0.25, -0.2) is 13.8 Å². The minimum atomic E-state index is -0.904. The molecule has 0 atom stereocenters. The van der Waals surface area contributed by atoms with Gasteiger partial charge < -0.3 is 9.30 Å². The molecule has 0 fully saturated rings. The number of benzene rings is 1. The molecule has 1 aromatic carbocycles. The van der Waals surface area contributed by atoms with Crippen LogP contribution in [-0.2, 0) is 17.2 Å². The maximum atomic E-state index is 14.0. The summed E-state index contributed by atoms with van der Waals surface area (Å²) >= 11 is 5.86. The lowest BCUT2D eigenvalue weighted by Gasteiger charge is -2.26. The van der Waals surface area contributed by atoms with Crippen LogP contribution in [0.25, 0.3) is 11.0 Å². The molecule has 0 unspecified atom stereocenters. The molecule has 0 bridgehead atoms. The first-order valence-corrected chi connectivity index (χ1v) is 6.96. The van der Waals surface area contributed by atoms with E-state index in [1.807, 2.05) is 20.8 Å². The summed E-state index contributed by atoms with van der Waals surface area (Å²) in [5.41, 5.74) is 0.00219. The van der Waals surface area contributed by atoms with Crippen LogP contribution in [0.1, 0.15) is 26.6 Å². The van der Waals surface area contributed by atoms with E-state index < -0.39 is 17.2 Å². The first-order valence-electron chi connectivity index (χ1n) is 6.42. The lowest BCUT2D eigenvalue weighted by atomic mass is 10.1. The molecule has 110 valence electrons. The Labute approximate surface area is 121 Å². The van der Waals surface area contributed by atoms with Crippen molar-refractivity contribution in [2.24, 2.45) is 0 Å². The summed E-state index contributed by atoms with van der Waals surface area (Å²) in [5, 5.41) is 0. The van der Waals surface area contributed by atoms with Crippen molar-refractivity contribution in [1.82, 2.24) is 9.55 Å². The molecular formula is C14H17ClF2N2O. The van der Waals surface area contributed by atoms with E-state index in [2.05, 4.69) is 4.98 Å². The third-order valence-electron chi connectivity index (χ3n) is 3.07.